The van der Waals surface area contributed by atoms with Gasteiger partial charge in [-0.1, -0.05) is 27.7 Å². The maximum absolute atomic E-state index is 12.8. The van der Waals surface area contributed by atoms with E-state index in [9.17, 15) is 8.78 Å². The maximum Gasteiger partial charge on any atom is 0.122 e. The molecular weight excluding hydrogens is 158 g/mol. The Morgan fingerprint density at radius 3 is 1.92 bits per heavy atom. The Bertz CT molecular complexity index is 188. The van der Waals surface area contributed by atoms with Crippen LogP contribution in [0.4, 0.5) is 8.78 Å². The van der Waals surface area contributed by atoms with Crippen LogP contribution in [0.15, 0.2) is 23.8 Å². The summed E-state index contributed by atoms with van der Waals surface area (Å²) >= 11 is 0. The fourth-order valence-corrected chi connectivity index (χ4v) is 0.665. The number of rotatable bonds is 3. The van der Waals surface area contributed by atoms with Crippen molar-refractivity contribution in [3.63, 3.8) is 0 Å². The van der Waals surface area contributed by atoms with Crippen molar-refractivity contribution in [1.82, 2.24) is 0 Å². The van der Waals surface area contributed by atoms with Gasteiger partial charge in [0.1, 0.15) is 11.7 Å². The molecule has 0 fully saturated rings. The summed E-state index contributed by atoms with van der Waals surface area (Å²) in [5.74, 6) is -1.03. The van der Waals surface area contributed by atoms with Crippen LogP contribution in [0.2, 0.25) is 0 Å². The van der Waals surface area contributed by atoms with Gasteiger partial charge in [0.2, 0.25) is 0 Å². The molecule has 12 heavy (non-hydrogen) atoms. The van der Waals surface area contributed by atoms with E-state index >= 15 is 0 Å². The highest BCUT2D eigenvalue weighted by Crippen LogP contribution is 2.15. The Kier molecular flexibility index (Phi) is 4.79. The van der Waals surface area contributed by atoms with Gasteiger partial charge in [-0.2, -0.15) is 0 Å². The number of allylic oxidation sites excluding steroid dienone is 4. The number of hydrogen-bond acceptors (Lipinski definition) is 0. The van der Waals surface area contributed by atoms with Gasteiger partial charge < -0.3 is 0 Å². The summed E-state index contributed by atoms with van der Waals surface area (Å²) in [5.41, 5.74) is 0. The molecular formula is C10H16F2. The highest BCUT2D eigenvalue weighted by Gasteiger charge is 2.02. The molecule has 0 saturated heterocycles. The minimum Gasteiger partial charge on any atom is -0.211 e. The minimum atomic E-state index is -0.490. The first-order valence-electron chi connectivity index (χ1n) is 4.18. The lowest BCUT2D eigenvalue weighted by Gasteiger charge is -1.99. The Hall–Kier alpha value is -0.660. The van der Waals surface area contributed by atoms with Crippen LogP contribution in [0.3, 0.4) is 0 Å². The summed E-state index contributed by atoms with van der Waals surface area (Å²) in [6.07, 6.45) is 2.34. The first kappa shape index (κ1) is 11.3. The summed E-state index contributed by atoms with van der Waals surface area (Å²) in [4.78, 5) is 0. The molecule has 0 spiro atoms. The number of halogens is 2. The van der Waals surface area contributed by atoms with Crippen molar-refractivity contribution < 1.29 is 8.78 Å². The lowest BCUT2D eigenvalue weighted by atomic mass is 10.1. The van der Waals surface area contributed by atoms with Crippen LogP contribution in [-0.2, 0) is 0 Å². The van der Waals surface area contributed by atoms with E-state index in [4.69, 9.17) is 0 Å². The highest BCUT2D eigenvalue weighted by molar-refractivity contribution is 5.15. The Labute approximate surface area is 73.0 Å². The van der Waals surface area contributed by atoms with Gasteiger partial charge in [0, 0.05) is 12.0 Å². The standard InChI is InChI=1S/C10H16F2/c1-7(2)5-9(11)6-10(12)8(3)4/h5-8H,1-4H3. The molecule has 0 saturated carbocycles. The normalized spacial score (nSPS) is 14.7. The second kappa shape index (κ2) is 5.07. The predicted octanol–water partition coefficient (Wildman–Crippen LogP) is 4.01. The lowest BCUT2D eigenvalue weighted by Crippen LogP contribution is -1.87. The molecule has 0 unspecified atom stereocenters. The van der Waals surface area contributed by atoms with Crippen molar-refractivity contribution in [3.8, 4) is 0 Å². The van der Waals surface area contributed by atoms with E-state index in [0.29, 0.717) is 0 Å². The van der Waals surface area contributed by atoms with Gasteiger partial charge in [-0.3, -0.25) is 0 Å². The van der Waals surface area contributed by atoms with Crippen LogP contribution in [0, 0.1) is 11.8 Å². The molecule has 0 aromatic carbocycles. The van der Waals surface area contributed by atoms with Gasteiger partial charge >= 0.3 is 0 Å². The summed E-state index contributed by atoms with van der Waals surface area (Å²) < 4.78 is 25.6. The van der Waals surface area contributed by atoms with Gasteiger partial charge in [0.15, 0.2) is 0 Å². The average molecular weight is 174 g/mol. The largest absolute Gasteiger partial charge is 0.211 e. The fourth-order valence-electron chi connectivity index (χ4n) is 0.665. The number of hydrogen-bond donors (Lipinski definition) is 0. The zero-order valence-electron chi connectivity index (χ0n) is 8.07. The molecule has 0 aromatic rings. The van der Waals surface area contributed by atoms with E-state index in [0.717, 1.165) is 6.08 Å². The lowest BCUT2D eigenvalue weighted by molar-refractivity contribution is 0.511. The van der Waals surface area contributed by atoms with Gasteiger partial charge in [0.25, 0.3) is 0 Å². The first-order chi connectivity index (χ1) is 5.43. The average Bonchev–Trinajstić information content (AvgIpc) is 1.84. The zero-order chi connectivity index (χ0) is 9.72. The van der Waals surface area contributed by atoms with E-state index in [1.165, 1.54) is 6.08 Å². The summed E-state index contributed by atoms with van der Waals surface area (Å²) in [7, 11) is 0. The highest BCUT2D eigenvalue weighted by atomic mass is 19.1. The van der Waals surface area contributed by atoms with Crippen LogP contribution < -0.4 is 0 Å². The van der Waals surface area contributed by atoms with Gasteiger partial charge in [-0.05, 0) is 12.0 Å². The Morgan fingerprint density at radius 2 is 1.58 bits per heavy atom. The minimum absolute atomic E-state index is 0.112. The molecule has 0 heterocycles. The van der Waals surface area contributed by atoms with Gasteiger partial charge in [-0.25, -0.2) is 8.78 Å². The summed E-state index contributed by atoms with van der Waals surface area (Å²) in [6.45, 7) is 7.07. The van der Waals surface area contributed by atoms with E-state index in [1.54, 1.807) is 13.8 Å². The molecule has 70 valence electrons. The van der Waals surface area contributed by atoms with E-state index in [2.05, 4.69) is 0 Å². The van der Waals surface area contributed by atoms with Crippen LogP contribution >= 0.6 is 0 Å². The molecule has 0 N–H and O–H groups in total. The molecule has 0 nitrogen and oxygen atoms in total. The van der Waals surface area contributed by atoms with E-state index < -0.39 is 11.7 Å². The SMILES string of the molecule is CC(C)C=C(F)C=C(F)C(C)C. The van der Waals surface area contributed by atoms with Crippen molar-refractivity contribution in [2.75, 3.05) is 0 Å². The van der Waals surface area contributed by atoms with Crippen molar-refractivity contribution in [1.29, 1.82) is 0 Å². The third-order valence-electron chi connectivity index (χ3n) is 1.32. The molecule has 0 aliphatic heterocycles. The first-order valence-corrected chi connectivity index (χ1v) is 4.18. The Morgan fingerprint density at radius 1 is 1.08 bits per heavy atom. The second-order valence-electron chi connectivity index (χ2n) is 3.48. The smallest absolute Gasteiger partial charge is 0.122 e. The monoisotopic (exact) mass is 174 g/mol. The van der Waals surface area contributed by atoms with Crippen molar-refractivity contribution >= 4 is 0 Å². The molecule has 0 amide bonds. The quantitative estimate of drug-likeness (QED) is 0.567. The van der Waals surface area contributed by atoms with Crippen molar-refractivity contribution in [2.24, 2.45) is 11.8 Å². The molecule has 0 aliphatic rings. The molecule has 0 bridgehead atoms. The third kappa shape index (κ3) is 5.05. The maximum atomic E-state index is 12.8. The molecule has 0 aliphatic carbocycles. The molecule has 0 radical (unpaired) electrons. The van der Waals surface area contributed by atoms with E-state index in [1.807, 2.05) is 13.8 Å². The molecule has 0 atom stereocenters. The van der Waals surface area contributed by atoms with Crippen molar-refractivity contribution in [2.45, 2.75) is 27.7 Å². The summed E-state index contributed by atoms with van der Waals surface area (Å²) in [5, 5.41) is 0. The van der Waals surface area contributed by atoms with Crippen LogP contribution in [0.25, 0.3) is 0 Å². The fraction of sp³-hybridized carbons (Fsp3) is 0.600. The van der Waals surface area contributed by atoms with Crippen LogP contribution in [0.1, 0.15) is 27.7 Å². The topological polar surface area (TPSA) is 0 Å². The Balaban J connectivity index is 4.33. The predicted molar refractivity (Wildman–Crippen MR) is 48.1 cm³/mol. The molecule has 0 rings (SSSR count). The van der Waals surface area contributed by atoms with Crippen LogP contribution in [0.5, 0.6) is 0 Å². The second-order valence-corrected chi connectivity index (χ2v) is 3.48. The molecule has 2 heteroatoms. The van der Waals surface area contributed by atoms with Crippen molar-refractivity contribution in [3.05, 3.63) is 23.8 Å². The van der Waals surface area contributed by atoms with Gasteiger partial charge in [0.05, 0.1) is 0 Å². The van der Waals surface area contributed by atoms with Crippen LogP contribution in [-0.4, -0.2) is 0 Å². The molecule has 0 aromatic heterocycles. The third-order valence-corrected chi connectivity index (χ3v) is 1.32. The van der Waals surface area contributed by atoms with Gasteiger partial charge in [-0.15, -0.1) is 0 Å². The summed E-state index contributed by atoms with van der Waals surface area (Å²) in [6, 6.07) is 0. The van der Waals surface area contributed by atoms with E-state index in [-0.39, 0.29) is 11.8 Å². The zero-order valence-corrected chi connectivity index (χ0v) is 8.07.